The van der Waals surface area contributed by atoms with Crippen molar-refractivity contribution in [3.8, 4) is 0 Å². The van der Waals surface area contributed by atoms with E-state index in [4.69, 9.17) is 4.74 Å². The molecule has 2 atom stereocenters. The van der Waals surface area contributed by atoms with E-state index in [1.54, 1.807) is 0 Å². The number of carbonyl (C=O) groups is 1. The maximum atomic E-state index is 10.6. The molecule has 1 saturated heterocycles. The summed E-state index contributed by atoms with van der Waals surface area (Å²) in [5, 5.41) is 0. The minimum atomic E-state index is 0.0993. The molecule has 1 fully saturated rings. The van der Waals surface area contributed by atoms with Gasteiger partial charge >= 0.3 is 0 Å². The molecule has 64 valence electrons. The Hall–Kier alpha value is -0.370. The van der Waals surface area contributed by atoms with Crippen LogP contribution in [-0.2, 0) is 9.53 Å². The summed E-state index contributed by atoms with van der Waals surface area (Å²) >= 11 is 0. The fraction of sp³-hybridized carbons (Fsp3) is 0.889. The van der Waals surface area contributed by atoms with Crippen LogP contribution in [0.2, 0.25) is 0 Å². The number of rotatable bonds is 1. The Morgan fingerprint density at radius 3 is 2.45 bits per heavy atom. The molecule has 1 heterocycles. The first kappa shape index (κ1) is 8.72. The molecule has 0 N–H and O–H groups in total. The van der Waals surface area contributed by atoms with Crippen molar-refractivity contribution in [2.24, 2.45) is 11.3 Å². The summed E-state index contributed by atoms with van der Waals surface area (Å²) in [4.78, 5) is 10.6. The SMILES string of the molecule is CC(C)(C)[C@@H]1OCC[C@H]1C=O. The standard InChI is InChI=1S/C9H16O2/c1-9(2,3)8-7(6-10)4-5-11-8/h6-8H,4-5H2,1-3H3/t7-,8+/m0/s1. The van der Waals surface area contributed by atoms with Crippen LogP contribution >= 0.6 is 0 Å². The van der Waals surface area contributed by atoms with E-state index in [1.807, 2.05) is 0 Å². The van der Waals surface area contributed by atoms with Crippen LogP contribution in [0, 0.1) is 11.3 Å². The van der Waals surface area contributed by atoms with Crippen LogP contribution in [0.5, 0.6) is 0 Å². The molecule has 0 aromatic rings. The number of aldehydes is 1. The molecule has 11 heavy (non-hydrogen) atoms. The van der Waals surface area contributed by atoms with Crippen LogP contribution in [0.4, 0.5) is 0 Å². The summed E-state index contributed by atoms with van der Waals surface area (Å²) < 4.78 is 5.49. The highest BCUT2D eigenvalue weighted by Crippen LogP contribution is 2.33. The highest BCUT2D eigenvalue weighted by atomic mass is 16.5. The monoisotopic (exact) mass is 156 g/mol. The van der Waals surface area contributed by atoms with E-state index in [2.05, 4.69) is 20.8 Å². The number of carbonyl (C=O) groups excluding carboxylic acids is 1. The Kier molecular flexibility index (Phi) is 2.33. The Labute approximate surface area is 67.9 Å². The van der Waals surface area contributed by atoms with Gasteiger partial charge in [-0.1, -0.05) is 20.8 Å². The molecule has 0 unspecified atom stereocenters. The molecule has 0 radical (unpaired) electrons. The smallest absolute Gasteiger partial charge is 0.125 e. The lowest BCUT2D eigenvalue weighted by Crippen LogP contribution is -2.32. The lowest BCUT2D eigenvalue weighted by Gasteiger charge is -2.28. The minimum absolute atomic E-state index is 0.0993. The molecule has 1 aliphatic heterocycles. The molecule has 1 rings (SSSR count). The summed E-state index contributed by atoms with van der Waals surface area (Å²) in [6.07, 6.45) is 2.05. The summed E-state index contributed by atoms with van der Waals surface area (Å²) in [5.41, 5.74) is 0.0993. The second kappa shape index (κ2) is 2.94. The summed E-state index contributed by atoms with van der Waals surface area (Å²) in [6.45, 7) is 7.07. The molecule has 0 amide bonds. The van der Waals surface area contributed by atoms with Crippen molar-refractivity contribution in [3.63, 3.8) is 0 Å². The molecule has 0 saturated carbocycles. The predicted molar refractivity (Wildman–Crippen MR) is 43.4 cm³/mol. The molecule has 0 spiro atoms. The fourth-order valence-electron chi connectivity index (χ4n) is 1.64. The third-order valence-corrected chi connectivity index (χ3v) is 2.17. The Morgan fingerprint density at radius 1 is 1.45 bits per heavy atom. The van der Waals surface area contributed by atoms with Crippen LogP contribution in [0.25, 0.3) is 0 Å². The lowest BCUT2D eigenvalue weighted by atomic mass is 9.82. The average molecular weight is 156 g/mol. The second-order valence-electron chi connectivity index (χ2n) is 4.25. The zero-order valence-corrected chi connectivity index (χ0v) is 7.46. The van der Waals surface area contributed by atoms with Crippen LogP contribution in [0.15, 0.2) is 0 Å². The van der Waals surface area contributed by atoms with Gasteiger partial charge in [0.2, 0.25) is 0 Å². The number of hydrogen-bond acceptors (Lipinski definition) is 2. The van der Waals surface area contributed by atoms with Crippen LogP contribution in [-0.4, -0.2) is 19.0 Å². The maximum Gasteiger partial charge on any atom is 0.125 e. The topological polar surface area (TPSA) is 26.3 Å². The first-order valence-corrected chi connectivity index (χ1v) is 4.12. The normalized spacial score (nSPS) is 32.3. The third kappa shape index (κ3) is 1.80. The number of ether oxygens (including phenoxy) is 1. The summed E-state index contributed by atoms with van der Waals surface area (Å²) in [6, 6.07) is 0. The first-order valence-electron chi connectivity index (χ1n) is 4.12. The van der Waals surface area contributed by atoms with Gasteiger partial charge in [0.15, 0.2) is 0 Å². The van der Waals surface area contributed by atoms with E-state index in [-0.39, 0.29) is 17.4 Å². The van der Waals surface area contributed by atoms with E-state index in [0.29, 0.717) is 0 Å². The van der Waals surface area contributed by atoms with E-state index in [0.717, 1.165) is 19.3 Å². The molecule has 0 aromatic heterocycles. The molecule has 2 heteroatoms. The molecular formula is C9H16O2. The van der Waals surface area contributed by atoms with E-state index in [1.165, 1.54) is 0 Å². The van der Waals surface area contributed by atoms with Crippen LogP contribution in [0.3, 0.4) is 0 Å². The highest BCUT2D eigenvalue weighted by molar-refractivity contribution is 5.55. The van der Waals surface area contributed by atoms with Gasteiger partial charge in [-0.2, -0.15) is 0 Å². The van der Waals surface area contributed by atoms with Gasteiger partial charge in [-0.05, 0) is 11.8 Å². The molecular weight excluding hydrogens is 140 g/mol. The third-order valence-electron chi connectivity index (χ3n) is 2.17. The van der Waals surface area contributed by atoms with Gasteiger partial charge in [0.05, 0.1) is 6.10 Å². The van der Waals surface area contributed by atoms with Crippen molar-refractivity contribution in [1.82, 2.24) is 0 Å². The first-order chi connectivity index (χ1) is 5.05. The number of hydrogen-bond donors (Lipinski definition) is 0. The van der Waals surface area contributed by atoms with Crippen LogP contribution in [0.1, 0.15) is 27.2 Å². The maximum absolute atomic E-state index is 10.6. The van der Waals surface area contributed by atoms with Gasteiger partial charge < -0.3 is 9.53 Å². The van der Waals surface area contributed by atoms with Crippen molar-refractivity contribution in [3.05, 3.63) is 0 Å². The largest absolute Gasteiger partial charge is 0.377 e. The van der Waals surface area contributed by atoms with Gasteiger partial charge in [-0.3, -0.25) is 0 Å². The summed E-state index contributed by atoms with van der Waals surface area (Å²) in [5.74, 6) is 0.120. The Bertz CT molecular complexity index is 146. The van der Waals surface area contributed by atoms with Crippen molar-refractivity contribution in [2.45, 2.75) is 33.3 Å². The minimum Gasteiger partial charge on any atom is -0.377 e. The molecule has 1 aliphatic rings. The Morgan fingerprint density at radius 2 is 2.09 bits per heavy atom. The highest BCUT2D eigenvalue weighted by Gasteiger charge is 2.36. The second-order valence-corrected chi connectivity index (χ2v) is 4.25. The zero-order valence-electron chi connectivity index (χ0n) is 7.46. The lowest BCUT2D eigenvalue weighted by molar-refractivity contribution is -0.114. The quantitative estimate of drug-likeness (QED) is 0.539. The van der Waals surface area contributed by atoms with Crippen molar-refractivity contribution < 1.29 is 9.53 Å². The van der Waals surface area contributed by atoms with Crippen LogP contribution < -0.4 is 0 Å². The van der Waals surface area contributed by atoms with Gasteiger partial charge in [-0.15, -0.1) is 0 Å². The predicted octanol–water partition coefficient (Wildman–Crippen LogP) is 1.64. The van der Waals surface area contributed by atoms with Crippen molar-refractivity contribution >= 4 is 6.29 Å². The van der Waals surface area contributed by atoms with E-state index in [9.17, 15) is 4.79 Å². The molecule has 2 nitrogen and oxygen atoms in total. The van der Waals surface area contributed by atoms with E-state index >= 15 is 0 Å². The average Bonchev–Trinajstić information content (AvgIpc) is 2.31. The summed E-state index contributed by atoms with van der Waals surface area (Å²) in [7, 11) is 0. The van der Waals surface area contributed by atoms with Gasteiger partial charge in [-0.25, -0.2) is 0 Å². The molecule has 0 bridgehead atoms. The fourth-order valence-corrected chi connectivity index (χ4v) is 1.64. The van der Waals surface area contributed by atoms with Gasteiger partial charge in [0.25, 0.3) is 0 Å². The van der Waals surface area contributed by atoms with Crippen molar-refractivity contribution in [1.29, 1.82) is 0 Å². The molecule has 0 aromatic carbocycles. The van der Waals surface area contributed by atoms with Crippen molar-refractivity contribution in [2.75, 3.05) is 6.61 Å². The van der Waals surface area contributed by atoms with Gasteiger partial charge in [0, 0.05) is 12.5 Å². The zero-order chi connectivity index (χ0) is 8.48. The Balaban J connectivity index is 2.63. The van der Waals surface area contributed by atoms with E-state index < -0.39 is 0 Å². The van der Waals surface area contributed by atoms with Gasteiger partial charge in [0.1, 0.15) is 6.29 Å². The molecule has 0 aliphatic carbocycles.